The fourth-order valence-corrected chi connectivity index (χ4v) is 3.16. The number of carbonyl (C=O) groups excluding carboxylic acids is 1. The van der Waals surface area contributed by atoms with E-state index in [1.54, 1.807) is 0 Å². The van der Waals surface area contributed by atoms with Crippen LogP contribution in [0.2, 0.25) is 0 Å². The number of amides is 1. The summed E-state index contributed by atoms with van der Waals surface area (Å²) >= 11 is 0. The highest BCUT2D eigenvalue weighted by Gasteiger charge is 2.52. The Morgan fingerprint density at radius 1 is 1.21 bits per heavy atom. The van der Waals surface area contributed by atoms with Gasteiger partial charge in [-0.1, -0.05) is 36.3 Å². The molecule has 0 saturated heterocycles. The Hall–Kier alpha value is -1.57. The van der Waals surface area contributed by atoms with Gasteiger partial charge in [0.15, 0.2) is 0 Å². The number of benzene rings is 1. The molecular formula is C17H21NO. The van der Waals surface area contributed by atoms with E-state index in [1.165, 1.54) is 31.2 Å². The zero-order chi connectivity index (χ0) is 13.2. The van der Waals surface area contributed by atoms with Gasteiger partial charge in [0.1, 0.15) is 0 Å². The van der Waals surface area contributed by atoms with Crippen molar-refractivity contribution in [2.45, 2.75) is 32.6 Å². The van der Waals surface area contributed by atoms with Gasteiger partial charge >= 0.3 is 0 Å². The van der Waals surface area contributed by atoms with Crippen LogP contribution < -0.4 is 5.32 Å². The van der Waals surface area contributed by atoms with Crippen molar-refractivity contribution in [3.05, 3.63) is 42.0 Å². The van der Waals surface area contributed by atoms with E-state index in [0.29, 0.717) is 11.8 Å². The predicted molar refractivity (Wildman–Crippen MR) is 77.9 cm³/mol. The normalized spacial score (nSPS) is 29.0. The van der Waals surface area contributed by atoms with Crippen molar-refractivity contribution in [3.8, 4) is 0 Å². The van der Waals surface area contributed by atoms with Gasteiger partial charge in [0.05, 0.1) is 0 Å². The molecule has 0 aliphatic heterocycles. The summed E-state index contributed by atoms with van der Waals surface area (Å²) in [4.78, 5) is 12.3. The second kappa shape index (κ2) is 5.20. The van der Waals surface area contributed by atoms with Crippen LogP contribution in [0.3, 0.4) is 0 Å². The Kier molecular flexibility index (Phi) is 3.41. The van der Waals surface area contributed by atoms with Gasteiger partial charge in [-0.3, -0.25) is 4.79 Å². The maximum absolute atomic E-state index is 12.3. The van der Waals surface area contributed by atoms with Crippen molar-refractivity contribution >= 4 is 11.6 Å². The lowest BCUT2D eigenvalue weighted by Crippen LogP contribution is -2.15. The lowest BCUT2D eigenvalue weighted by molar-refractivity contribution is -0.117. The fourth-order valence-electron chi connectivity index (χ4n) is 3.16. The largest absolute Gasteiger partial charge is 0.326 e. The molecule has 19 heavy (non-hydrogen) atoms. The fraction of sp³-hybridized carbons (Fsp3) is 0.471. The Bertz CT molecular complexity index is 488. The third kappa shape index (κ3) is 2.73. The number of nitrogens with one attached hydrogen (secondary N) is 1. The lowest BCUT2D eigenvalue weighted by Gasteiger charge is -2.05. The summed E-state index contributed by atoms with van der Waals surface area (Å²) in [5.74, 6) is 1.48. The minimum Gasteiger partial charge on any atom is -0.326 e. The van der Waals surface area contributed by atoms with Crippen LogP contribution in [-0.4, -0.2) is 5.91 Å². The summed E-state index contributed by atoms with van der Waals surface area (Å²) < 4.78 is 0. The van der Waals surface area contributed by atoms with Gasteiger partial charge < -0.3 is 5.32 Å². The molecule has 1 amide bonds. The molecule has 3 atom stereocenters. The van der Waals surface area contributed by atoms with E-state index < -0.39 is 0 Å². The molecule has 100 valence electrons. The average molecular weight is 255 g/mol. The summed E-state index contributed by atoms with van der Waals surface area (Å²) in [7, 11) is 0. The van der Waals surface area contributed by atoms with Crippen LogP contribution in [0.4, 0.5) is 5.69 Å². The predicted octanol–water partition coefficient (Wildman–Crippen LogP) is 3.93. The first kappa shape index (κ1) is 12.5. The van der Waals surface area contributed by atoms with Gasteiger partial charge in [-0.15, -0.1) is 0 Å². The van der Waals surface area contributed by atoms with Crippen LogP contribution in [0, 0.1) is 24.7 Å². The van der Waals surface area contributed by atoms with Crippen molar-refractivity contribution in [3.63, 3.8) is 0 Å². The second-order valence-electron chi connectivity index (χ2n) is 5.83. The molecule has 1 aromatic rings. The maximum atomic E-state index is 12.3. The number of hydrogen-bond donors (Lipinski definition) is 1. The smallest absolute Gasteiger partial charge is 0.228 e. The SMILES string of the molecule is Cc1ccc(NC(=O)[C@@H]2[C@H]3C=CCCCC[C@@H]32)cc1. The topological polar surface area (TPSA) is 29.1 Å². The third-order valence-electron chi connectivity index (χ3n) is 4.37. The van der Waals surface area contributed by atoms with E-state index in [9.17, 15) is 4.79 Å². The zero-order valence-electron chi connectivity index (χ0n) is 11.4. The molecule has 2 aliphatic carbocycles. The molecule has 0 radical (unpaired) electrons. The molecule has 1 N–H and O–H groups in total. The molecular weight excluding hydrogens is 234 g/mol. The molecule has 0 bridgehead atoms. The standard InChI is InChI=1S/C17H21NO/c1-12-8-10-13(11-9-12)18-17(19)16-14-6-4-2-3-5-7-15(14)16/h4,6,8-11,14-16H,2-3,5,7H2,1H3,(H,18,19)/t14-,15-,16+/m0/s1. The van der Waals surface area contributed by atoms with Crippen LogP contribution in [0.1, 0.15) is 31.2 Å². The van der Waals surface area contributed by atoms with E-state index >= 15 is 0 Å². The molecule has 3 rings (SSSR count). The molecule has 0 aromatic heterocycles. The van der Waals surface area contributed by atoms with Crippen LogP contribution in [0.15, 0.2) is 36.4 Å². The van der Waals surface area contributed by atoms with Crippen LogP contribution in [0.25, 0.3) is 0 Å². The van der Waals surface area contributed by atoms with Crippen molar-refractivity contribution in [2.24, 2.45) is 17.8 Å². The van der Waals surface area contributed by atoms with Gasteiger partial charge in [0.2, 0.25) is 5.91 Å². The average Bonchev–Trinajstić information content (AvgIpc) is 3.03. The molecule has 1 aromatic carbocycles. The van der Waals surface area contributed by atoms with Crippen molar-refractivity contribution in [2.75, 3.05) is 5.32 Å². The molecule has 0 heterocycles. The molecule has 2 aliphatic rings. The second-order valence-corrected chi connectivity index (χ2v) is 5.83. The number of allylic oxidation sites excluding steroid dienone is 2. The number of fused-ring (bicyclic) bond motifs is 1. The molecule has 2 heteroatoms. The van der Waals surface area contributed by atoms with Crippen molar-refractivity contribution in [1.29, 1.82) is 0 Å². The minimum atomic E-state index is 0.199. The summed E-state index contributed by atoms with van der Waals surface area (Å²) in [6, 6.07) is 8.03. The Morgan fingerprint density at radius 2 is 2.00 bits per heavy atom. The minimum absolute atomic E-state index is 0.199. The van der Waals surface area contributed by atoms with E-state index in [1.807, 2.05) is 24.3 Å². The first-order valence-corrected chi connectivity index (χ1v) is 7.30. The number of aryl methyl sites for hydroxylation is 1. The molecule has 2 nitrogen and oxygen atoms in total. The van der Waals surface area contributed by atoms with E-state index in [4.69, 9.17) is 0 Å². The van der Waals surface area contributed by atoms with Gasteiger partial charge in [-0.25, -0.2) is 0 Å². The van der Waals surface area contributed by atoms with Gasteiger partial charge in [0, 0.05) is 11.6 Å². The summed E-state index contributed by atoms with van der Waals surface area (Å²) in [6.07, 6.45) is 9.45. The highest BCUT2D eigenvalue weighted by molar-refractivity contribution is 5.95. The number of anilines is 1. The highest BCUT2D eigenvalue weighted by Crippen LogP contribution is 2.51. The molecule has 1 fully saturated rings. The monoisotopic (exact) mass is 255 g/mol. The summed E-state index contributed by atoms with van der Waals surface area (Å²) in [6.45, 7) is 2.05. The van der Waals surface area contributed by atoms with Gasteiger partial charge in [0.25, 0.3) is 0 Å². The Balaban J connectivity index is 1.64. The lowest BCUT2D eigenvalue weighted by atomic mass is 10.1. The summed E-state index contributed by atoms with van der Waals surface area (Å²) in [5, 5.41) is 3.06. The first-order chi connectivity index (χ1) is 9.25. The Labute approximate surface area is 114 Å². The van der Waals surface area contributed by atoms with Gasteiger partial charge in [-0.2, -0.15) is 0 Å². The van der Waals surface area contributed by atoms with Crippen molar-refractivity contribution < 1.29 is 4.79 Å². The van der Waals surface area contributed by atoms with Crippen LogP contribution in [0.5, 0.6) is 0 Å². The molecule has 0 spiro atoms. The number of hydrogen-bond acceptors (Lipinski definition) is 1. The van der Waals surface area contributed by atoms with Crippen molar-refractivity contribution in [1.82, 2.24) is 0 Å². The Morgan fingerprint density at radius 3 is 2.79 bits per heavy atom. The van der Waals surface area contributed by atoms with E-state index in [-0.39, 0.29) is 11.8 Å². The van der Waals surface area contributed by atoms with Crippen LogP contribution >= 0.6 is 0 Å². The van der Waals surface area contributed by atoms with Gasteiger partial charge in [-0.05, 0) is 50.2 Å². The maximum Gasteiger partial charge on any atom is 0.228 e. The third-order valence-corrected chi connectivity index (χ3v) is 4.37. The number of rotatable bonds is 2. The first-order valence-electron chi connectivity index (χ1n) is 7.30. The van der Waals surface area contributed by atoms with E-state index in [0.717, 1.165) is 5.69 Å². The summed E-state index contributed by atoms with van der Waals surface area (Å²) in [5.41, 5.74) is 2.13. The molecule has 0 unspecified atom stereocenters. The highest BCUT2D eigenvalue weighted by atomic mass is 16.2. The molecule has 1 saturated carbocycles. The number of carbonyl (C=O) groups is 1. The quantitative estimate of drug-likeness (QED) is 0.797. The van der Waals surface area contributed by atoms with E-state index in [2.05, 4.69) is 24.4 Å². The zero-order valence-corrected chi connectivity index (χ0v) is 11.4. The van der Waals surface area contributed by atoms with Crippen LogP contribution in [-0.2, 0) is 4.79 Å².